The van der Waals surface area contributed by atoms with Gasteiger partial charge in [0.15, 0.2) is 5.58 Å². The summed E-state index contributed by atoms with van der Waals surface area (Å²) in [6.45, 7) is 0.419. The van der Waals surface area contributed by atoms with Crippen LogP contribution in [0.1, 0.15) is 5.56 Å². The minimum Gasteiger partial charge on any atom is -0.431 e. The number of carbonyl (C=O) groups is 1. The average Bonchev–Trinajstić information content (AvgIpc) is 2.96. The molecule has 1 aromatic heterocycles. The molecule has 0 saturated heterocycles. The van der Waals surface area contributed by atoms with Gasteiger partial charge in [0, 0.05) is 18.6 Å². The van der Waals surface area contributed by atoms with Crippen LogP contribution in [0.15, 0.2) is 52.1 Å². The molecule has 0 bridgehead atoms. The highest BCUT2D eigenvalue weighted by Gasteiger charge is 2.13. The molecule has 1 heterocycles. The second kappa shape index (κ2) is 7.23. The highest BCUT2D eigenvalue weighted by molar-refractivity contribution is 7.99. The fraction of sp³-hybridized carbons (Fsp3) is 0.176. The number of amides is 1. The van der Waals surface area contributed by atoms with Crippen LogP contribution >= 0.6 is 23.4 Å². The van der Waals surface area contributed by atoms with Crippen LogP contribution in [0.5, 0.6) is 0 Å². The van der Waals surface area contributed by atoms with E-state index in [9.17, 15) is 9.18 Å². The average molecular weight is 365 g/mol. The number of benzene rings is 2. The molecule has 0 radical (unpaired) electrons. The predicted molar refractivity (Wildman–Crippen MR) is 92.6 cm³/mol. The summed E-state index contributed by atoms with van der Waals surface area (Å²) in [5.74, 6) is -0.151. The van der Waals surface area contributed by atoms with Gasteiger partial charge in [0.2, 0.25) is 5.91 Å². The van der Waals surface area contributed by atoms with Crippen LogP contribution in [0, 0.1) is 5.82 Å². The molecule has 0 aliphatic rings. The zero-order valence-electron chi connectivity index (χ0n) is 12.8. The number of carbonyl (C=O) groups excluding carboxylic acids is 1. The highest BCUT2D eigenvalue weighted by Crippen LogP contribution is 2.25. The lowest BCUT2D eigenvalue weighted by atomic mass is 10.2. The van der Waals surface area contributed by atoms with Gasteiger partial charge in [-0.25, -0.2) is 9.37 Å². The summed E-state index contributed by atoms with van der Waals surface area (Å²) in [6, 6.07) is 11.3. The van der Waals surface area contributed by atoms with Crippen LogP contribution in [-0.4, -0.2) is 28.6 Å². The number of thioether (sulfide) groups is 1. The summed E-state index contributed by atoms with van der Waals surface area (Å²) in [4.78, 5) is 18.1. The van der Waals surface area contributed by atoms with Crippen LogP contribution in [-0.2, 0) is 11.3 Å². The SMILES string of the molecule is CN(Cc1ccc(F)cc1)C(=O)CSc1nc2cc(Cl)ccc2o1. The number of hydrogen-bond donors (Lipinski definition) is 0. The lowest BCUT2D eigenvalue weighted by molar-refractivity contribution is -0.127. The quantitative estimate of drug-likeness (QED) is 0.631. The lowest BCUT2D eigenvalue weighted by Gasteiger charge is -2.16. The summed E-state index contributed by atoms with van der Waals surface area (Å²) in [5.41, 5.74) is 2.17. The number of aromatic nitrogens is 1. The zero-order valence-corrected chi connectivity index (χ0v) is 14.4. The maximum atomic E-state index is 12.9. The lowest BCUT2D eigenvalue weighted by Crippen LogP contribution is -2.27. The minimum atomic E-state index is -0.292. The predicted octanol–water partition coefficient (Wildman–Crippen LogP) is 4.37. The standard InChI is InChI=1S/C17H14ClFN2O2S/c1-21(9-11-2-5-13(19)6-3-11)16(22)10-24-17-20-14-8-12(18)4-7-15(14)23-17/h2-8H,9-10H2,1H3. The molecule has 0 aliphatic carbocycles. The largest absolute Gasteiger partial charge is 0.431 e. The fourth-order valence-electron chi connectivity index (χ4n) is 2.13. The second-order valence-corrected chi connectivity index (χ2v) is 6.62. The fourth-order valence-corrected chi connectivity index (χ4v) is 3.07. The zero-order chi connectivity index (χ0) is 17.1. The van der Waals surface area contributed by atoms with E-state index in [0.29, 0.717) is 27.9 Å². The molecule has 24 heavy (non-hydrogen) atoms. The van der Waals surface area contributed by atoms with E-state index in [0.717, 1.165) is 5.56 Å². The summed E-state index contributed by atoms with van der Waals surface area (Å²) >= 11 is 7.14. The number of rotatable bonds is 5. The Hall–Kier alpha value is -2.05. The number of hydrogen-bond acceptors (Lipinski definition) is 4. The van der Waals surface area contributed by atoms with E-state index in [1.807, 2.05) is 0 Å². The van der Waals surface area contributed by atoms with Crippen LogP contribution < -0.4 is 0 Å². The monoisotopic (exact) mass is 364 g/mol. The van der Waals surface area contributed by atoms with Gasteiger partial charge < -0.3 is 9.32 Å². The number of nitrogens with zero attached hydrogens (tertiary/aromatic N) is 2. The summed E-state index contributed by atoms with van der Waals surface area (Å²) in [5, 5.41) is 1.01. The van der Waals surface area contributed by atoms with Crippen LogP contribution in [0.2, 0.25) is 5.02 Å². The minimum absolute atomic E-state index is 0.0652. The molecule has 0 N–H and O–H groups in total. The van der Waals surface area contributed by atoms with Crippen molar-refractivity contribution in [3.63, 3.8) is 0 Å². The molecule has 0 spiro atoms. The Morgan fingerprint density at radius 2 is 2.04 bits per heavy atom. The van der Waals surface area contributed by atoms with Crippen molar-refractivity contribution in [3.8, 4) is 0 Å². The van der Waals surface area contributed by atoms with Crippen LogP contribution in [0.25, 0.3) is 11.1 Å². The van der Waals surface area contributed by atoms with Crippen molar-refractivity contribution in [2.75, 3.05) is 12.8 Å². The van der Waals surface area contributed by atoms with Crippen molar-refractivity contribution in [2.24, 2.45) is 0 Å². The Labute approximate surface area is 147 Å². The number of oxazole rings is 1. The second-order valence-electron chi connectivity index (χ2n) is 5.26. The first kappa shape index (κ1) is 16.8. The first-order valence-electron chi connectivity index (χ1n) is 7.18. The van der Waals surface area contributed by atoms with Gasteiger partial charge in [0.1, 0.15) is 11.3 Å². The maximum absolute atomic E-state index is 12.9. The van der Waals surface area contributed by atoms with Gasteiger partial charge in [-0.2, -0.15) is 0 Å². The Balaban J connectivity index is 1.58. The molecular formula is C17H14ClFN2O2S. The third-order valence-corrected chi connectivity index (χ3v) is 4.46. The smallest absolute Gasteiger partial charge is 0.257 e. The van der Waals surface area contributed by atoms with Crippen molar-refractivity contribution in [1.29, 1.82) is 0 Å². The maximum Gasteiger partial charge on any atom is 0.257 e. The van der Waals surface area contributed by atoms with Crippen molar-refractivity contribution < 1.29 is 13.6 Å². The Bertz CT molecular complexity index is 867. The summed E-state index contributed by atoms with van der Waals surface area (Å²) < 4.78 is 18.5. The van der Waals surface area contributed by atoms with E-state index in [1.165, 1.54) is 23.9 Å². The van der Waals surface area contributed by atoms with E-state index in [1.54, 1.807) is 42.3 Å². The summed E-state index contributed by atoms with van der Waals surface area (Å²) in [7, 11) is 1.71. The van der Waals surface area contributed by atoms with E-state index in [4.69, 9.17) is 16.0 Å². The third-order valence-electron chi connectivity index (χ3n) is 3.41. The van der Waals surface area contributed by atoms with Crippen molar-refractivity contribution in [3.05, 3.63) is 58.9 Å². The first-order chi connectivity index (χ1) is 11.5. The third kappa shape index (κ3) is 4.07. The van der Waals surface area contributed by atoms with E-state index >= 15 is 0 Å². The molecular weight excluding hydrogens is 351 g/mol. The van der Waals surface area contributed by atoms with Crippen molar-refractivity contribution in [2.45, 2.75) is 11.8 Å². The molecule has 0 unspecified atom stereocenters. The molecule has 3 rings (SSSR count). The first-order valence-corrected chi connectivity index (χ1v) is 8.55. The Kier molecular flexibility index (Phi) is 5.06. The Morgan fingerprint density at radius 1 is 1.29 bits per heavy atom. The molecule has 7 heteroatoms. The molecule has 124 valence electrons. The van der Waals surface area contributed by atoms with Gasteiger partial charge in [-0.3, -0.25) is 4.79 Å². The molecule has 0 saturated carbocycles. The van der Waals surface area contributed by atoms with Gasteiger partial charge in [0.05, 0.1) is 5.75 Å². The molecule has 0 fully saturated rings. The van der Waals surface area contributed by atoms with E-state index < -0.39 is 0 Å². The van der Waals surface area contributed by atoms with Gasteiger partial charge >= 0.3 is 0 Å². The molecule has 0 aliphatic heterocycles. The van der Waals surface area contributed by atoms with Gasteiger partial charge in [-0.15, -0.1) is 0 Å². The Morgan fingerprint density at radius 3 is 2.79 bits per heavy atom. The molecule has 3 aromatic rings. The van der Waals surface area contributed by atoms with Crippen molar-refractivity contribution in [1.82, 2.24) is 9.88 Å². The van der Waals surface area contributed by atoms with E-state index in [-0.39, 0.29) is 17.5 Å². The normalized spacial score (nSPS) is 11.0. The molecule has 1 amide bonds. The van der Waals surface area contributed by atoms with Gasteiger partial charge in [-0.1, -0.05) is 35.5 Å². The van der Waals surface area contributed by atoms with Crippen LogP contribution in [0.3, 0.4) is 0 Å². The molecule has 0 atom stereocenters. The van der Waals surface area contributed by atoms with E-state index in [2.05, 4.69) is 4.98 Å². The van der Waals surface area contributed by atoms with Gasteiger partial charge in [-0.05, 0) is 35.9 Å². The topological polar surface area (TPSA) is 46.3 Å². The van der Waals surface area contributed by atoms with Crippen LogP contribution in [0.4, 0.5) is 4.39 Å². The van der Waals surface area contributed by atoms with Gasteiger partial charge in [0.25, 0.3) is 5.22 Å². The number of halogens is 2. The molecule has 4 nitrogen and oxygen atoms in total. The molecule has 2 aromatic carbocycles. The highest BCUT2D eigenvalue weighted by atomic mass is 35.5. The van der Waals surface area contributed by atoms with Crippen molar-refractivity contribution >= 4 is 40.4 Å². The number of fused-ring (bicyclic) bond motifs is 1. The summed E-state index contributed by atoms with van der Waals surface area (Å²) in [6.07, 6.45) is 0.